The zero-order valence-corrected chi connectivity index (χ0v) is 15.2. The number of carbonyl (C=O) groups is 1. The van der Waals surface area contributed by atoms with Crippen molar-refractivity contribution in [3.05, 3.63) is 71.3 Å². The topological polar surface area (TPSA) is 46.5 Å². The van der Waals surface area contributed by atoms with Crippen LogP contribution in [0.15, 0.2) is 54.6 Å². The number of alkyl halides is 3. The van der Waals surface area contributed by atoms with Crippen molar-refractivity contribution in [2.24, 2.45) is 0 Å². The molecule has 0 aliphatic heterocycles. The quantitative estimate of drug-likeness (QED) is 0.544. The monoisotopic (exact) mass is 388 g/mol. The third kappa shape index (κ3) is 4.27. The number of benzene rings is 3. The van der Waals surface area contributed by atoms with Crippen LogP contribution < -0.4 is 4.74 Å². The first-order valence-corrected chi connectivity index (χ1v) is 8.90. The van der Waals surface area contributed by atoms with Gasteiger partial charge in [0.05, 0.1) is 5.56 Å². The van der Waals surface area contributed by atoms with Gasteiger partial charge in [0.2, 0.25) is 0 Å². The summed E-state index contributed by atoms with van der Waals surface area (Å²) in [6.07, 6.45) is -3.29. The Labute approximate surface area is 160 Å². The first-order chi connectivity index (χ1) is 13.3. The van der Waals surface area contributed by atoms with E-state index in [2.05, 4.69) is 0 Å². The molecule has 3 rings (SSSR count). The predicted octanol–water partition coefficient (Wildman–Crippen LogP) is 6.23. The third-order valence-corrected chi connectivity index (χ3v) is 4.58. The van der Waals surface area contributed by atoms with Crippen LogP contribution in [0.3, 0.4) is 0 Å². The fraction of sp³-hybridized carbons (Fsp3) is 0.227. The Balaban J connectivity index is 1.96. The van der Waals surface area contributed by atoms with Gasteiger partial charge >= 0.3 is 12.1 Å². The number of aryl methyl sites for hydroxylation is 2. The van der Waals surface area contributed by atoms with Crippen molar-refractivity contribution >= 4 is 16.7 Å². The van der Waals surface area contributed by atoms with Crippen molar-refractivity contribution in [2.75, 3.05) is 0 Å². The SMILES string of the molecule is CCc1cc(Oc2ccc(C(F)(F)F)c3ccccc23)ccc1CCC(=O)O. The van der Waals surface area contributed by atoms with Gasteiger partial charge in [0.25, 0.3) is 0 Å². The molecule has 0 fully saturated rings. The molecule has 0 atom stereocenters. The van der Waals surface area contributed by atoms with Crippen LogP contribution in [0, 0.1) is 0 Å². The highest BCUT2D eigenvalue weighted by atomic mass is 19.4. The summed E-state index contributed by atoms with van der Waals surface area (Å²) in [4.78, 5) is 10.8. The summed E-state index contributed by atoms with van der Waals surface area (Å²) in [7, 11) is 0. The van der Waals surface area contributed by atoms with Crippen molar-refractivity contribution in [3.8, 4) is 11.5 Å². The van der Waals surface area contributed by atoms with E-state index in [1.807, 2.05) is 19.1 Å². The predicted molar refractivity (Wildman–Crippen MR) is 101 cm³/mol. The molecule has 3 aromatic rings. The number of carboxylic acids is 1. The maximum absolute atomic E-state index is 13.3. The Morgan fingerprint density at radius 2 is 1.71 bits per heavy atom. The van der Waals surface area contributed by atoms with E-state index < -0.39 is 17.7 Å². The molecule has 0 saturated carbocycles. The molecule has 0 aliphatic rings. The molecule has 0 bridgehead atoms. The normalized spacial score (nSPS) is 11.6. The van der Waals surface area contributed by atoms with Gasteiger partial charge in [-0.05, 0) is 53.6 Å². The maximum atomic E-state index is 13.3. The second-order valence-electron chi connectivity index (χ2n) is 6.43. The molecule has 0 unspecified atom stereocenters. The minimum atomic E-state index is -4.45. The van der Waals surface area contributed by atoms with Gasteiger partial charge in [-0.3, -0.25) is 4.79 Å². The summed E-state index contributed by atoms with van der Waals surface area (Å²) in [5, 5.41) is 9.33. The average Bonchev–Trinajstić information content (AvgIpc) is 2.66. The standard InChI is InChI=1S/C22H19F3O3/c1-2-14-13-16(9-7-15(14)8-12-21(26)27)28-20-11-10-19(22(23,24)25)17-5-3-4-6-18(17)20/h3-7,9-11,13H,2,8,12H2,1H3,(H,26,27). The fourth-order valence-electron chi connectivity index (χ4n) is 3.21. The van der Waals surface area contributed by atoms with Crippen LogP contribution in [-0.4, -0.2) is 11.1 Å². The first-order valence-electron chi connectivity index (χ1n) is 8.90. The summed E-state index contributed by atoms with van der Waals surface area (Å²) < 4.78 is 45.7. The second-order valence-corrected chi connectivity index (χ2v) is 6.43. The number of aliphatic carboxylic acids is 1. The van der Waals surface area contributed by atoms with E-state index in [1.165, 1.54) is 12.1 Å². The molecule has 146 valence electrons. The molecule has 0 spiro atoms. The lowest BCUT2D eigenvalue weighted by molar-refractivity contribution is -0.137. The summed E-state index contributed by atoms with van der Waals surface area (Å²) in [6.45, 7) is 1.96. The molecule has 0 amide bonds. The molecule has 0 aromatic heterocycles. The molecule has 6 heteroatoms. The van der Waals surface area contributed by atoms with Crippen LogP contribution in [-0.2, 0) is 23.8 Å². The van der Waals surface area contributed by atoms with Gasteiger partial charge in [-0.1, -0.05) is 37.3 Å². The van der Waals surface area contributed by atoms with Gasteiger partial charge in [-0.25, -0.2) is 0 Å². The molecule has 0 heterocycles. The highest BCUT2D eigenvalue weighted by Gasteiger charge is 2.32. The fourth-order valence-corrected chi connectivity index (χ4v) is 3.21. The Kier molecular flexibility index (Phi) is 5.58. The summed E-state index contributed by atoms with van der Waals surface area (Å²) in [5.74, 6) is -0.0246. The van der Waals surface area contributed by atoms with E-state index >= 15 is 0 Å². The highest BCUT2D eigenvalue weighted by molar-refractivity contribution is 5.91. The van der Waals surface area contributed by atoms with Gasteiger partial charge in [0.15, 0.2) is 0 Å². The molecule has 0 radical (unpaired) electrons. The third-order valence-electron chi connectivity index (χ3n) is 4.58. The van der Waals surface area contributed by atoms with Crippen molar-refractivity contribution in [1.82, 2.24) is 0 Å². The van der Waals surface area contributed by atoms with Crippen LogP contribution in [0.25, 0.3) is 10.8 Å². The van der Waals surface area contributed by atoms with E-state index in [9.17, 15) is 18.0 Å². The summed E-state index contributed by atoms with van der Waals surface area (Å²) in [5.41, 5.74) is 1.18. The Morgan fingerprint density at radius 3 is 2.36 bits per heavy atom. The minimum Gasteiger partial charge on any atom is -0.481 e. The smallest absolute Gasteiger partial charge is 0.417 e. The van der Waals surface area contributed by atoms with Crippen LogP contribution in [0.1, 0.15) is 30.0 Å². The average molecular weight is 388 g/mol. The zero-order chi connectivity index (χ0) is 20.3. The number of hydrogen-bond donors (Lipinski definition) is 1. The minimum absolute atomic E-state index is 0.0384. The van der Waals surface area contributed by atoms with Gasteiger partial charge in [0.1, 0.15) is 11.5 Å². The van der Waals surface area contributed by atoms with Crippen LogP contribution in [0.2, 0.25) is 0 Å². The van der Waals surface area contributed by atoms with E-state index in [0.29, 0.717) is 29.7 Å². The molecular weight excluding hydrogens is 369 g/mol. The van der Waals surface area contributed by atoms with Crippen molar-refractivity contribution in [3.63, 3.8) is 0 Å². The van der Waals surface area contributed by atoms with E-state index in [0.717, 1.165) is 17.2 Å². The Bertz CT molecular complexity index is 1010. The van der Waals surface area contributed by atoms with E-state index in [-0.39, 0.29) is 11.8 Å². The number of fused-ring (bicyclic) bond motifs is 1. The van der Waals surface area contributed by atoms with Gasteiger partial charge in [-0.2, -0.15) is 13.2 Å². The molecule has 28 heavy (non-hydrogen) atoms. The second kappa shape index (κ2) is 7.92. The molecule has 1 N–H and O–H groups in total. The molecule has 0 aliphatic carbocycles. The van der Waals surface area contributed by atoms with Crippen molar-refractivity contribution in [2.45, 2.75) is 32.4 Å². The van der Waals surface area contributed by atoms with Gasteiger partial charge < -0.3 is 9.84 Å². The number of carboxylic acid groups (broad SMARTS) is 1. The van der Waals surface area contributed by atoms with Crippen LogP contribution in [0.4, 0.5) is 13.2 Å². The summed E-state index contributed by atoms with van der Waals surface area (Å²) in [6, 6.07) is 13.9. The Morgan fingerprint density at radius 1 is 1.00 bits per heavy atom. The van der Waals surface area contributed by atoms with Crippen molar-refractivity contribution in [1.29, 1.82) is 0 Å². The van der Waals surface area contributed by atoms with E-state index in [4.69, 9.17) is 9.84 Å². The number of ether oxygens (including phenoxy) is 1. The van der Waals surface area contributed by atoms with Crippen LogP contribution in [0.5, 0.6) is 11.5 Å². The lowest BCUT2D eigenvalue weighted by atomic mass is 10.0. The number of halogens is 3. The van der Waals surface area contributed by atoms with Crippen LogP contribution >= 0.6 is 0 Å². The molecule has 3 nitrogen and oxygen atoms in total. The van der Waals surface area contributed by atoms with Crippen molar-refractivity contribution < 1.29 is 27.8 Å². The van der Waals surface area contributed by atoms with Gasteiger partial charge in [0, 0.05) is 11.8 Å². The molecular formula is C22H19F3O3. The summed E-state index contributed by atoms with van der Waals surface area (Å²) >= 11 is 0. The largest absolute Gasteiger partial charge is 0.481 e. The highest BCUT2D eigenvalue weighted by Crippen LogP contribution is 2.39. The van der Waals surface area contributed by atoms with Gasteiger partial charge in [-0.15, -0.1) is 0 Å². The lowest BCUT2D eigenvalue weighted by Gasteiger charge is -2.15. The maximum Gasteiger partial charge on any atom is 0.417 e. The molecule has 0 saturated heterocycles. The lowest BCUT2D eigenvalue weighted by Crippen LogP contribution is -2.06. The Hall–Kier alpha value is -3.02. The zero-order valence-electron chi connectivity index (χ0n) is 15.2. The first kappa shape index (κ1) is 19.7. The molecule has 3 aromatic carbocycles. The van der Waals surface area contributed by atoms with E-state index in [1.54, 1.807) is 24.3 Å². The number of rotatable bonds is 6. The number of hydrogen-bond acceptors (Lipinski definition) is 2.